The lowest BCUT2D eigenvalue weighted by Crippen LogP contribution is -2.27. The molecule has 1 aliphatic rings. The number of nitrogens with zero attached hydrogens (tertiary/aromatic N) is 3. The van der Waals surface area contributed by atoms with E-state index in [4.69, 9.17) is 5.11 Å². The van der Waals surface area contributed by atoms with Crippen molar-refractivity contribution in [2.75, 3.05) is 24.5 Å². The molecule has 0 saturated heterocycles. The largest absolute Gasteiger partial charge is 0.396 e. The second kappa shape index (κ2) is 7.57. The molecule has 1 aromatic carbocycles. The predicted molar refractivity (Wildman–Crippen MR) is 113 cm³/mol. The number of aromatic nitrogens is 2. The lowest BCUT2D eigenvalue weighted by Gasteiger charge is -2.19. The van der Waals surface area contributed by atoms with Gasteiger partial charge in [-0.1, -0.05) is 30.0 Å². The molecule has 0 saturated carbocycles. The predicted octanol–water partition coefficient (Wildman–Crippen LogP) is 2.63. The Bertz CT molecular complexity index is 1130. The Hall–Kier alpha value is -2.36. The number of thioether (sulfide) groups is 1. The van der Waals surface area contributed by atoms with E-state index in [-0.39, 0.29) is 16.9 Å². The average molecular weight is 417 g/mol. The number of nitrogens with one attached hydrogen (secondary N) is 1. The first-order valence-electron chi connectivity index (χ1n) is 8.85. The lowest BCUT2D eigenvalue weighted by molar-refractivity contribution is 0.288. The van der Waals surface area contributed by atoms with Gasteiger partial charge in [-0.2, -0.15) is 8.42 Å². The van der Waals surface area contributed by atoms with E-state index in [0.29, 0.717) is 18.7 Å². The third-order valence-electron chi connectivity index (χ3n) is 4.63. The van der Waals surface area contributed by atoms with Gasteiger partial charge in [-0.3, -0.25) is 9.30 Å². The highest BCUT2D eigenvalue weighted by molar-refractivity contribution is 8.15. The number of fused-ring (bicyclic) bond motifs is 1. The number of H-pyrrole nitrogens is 1. The fourth-order valence-electron chi connectivity index (χ4n) is 3.15. The third kappa shape index (κ3) is 3.41. The van der Waals surface area contributed by atoms with Gasteiger partial charge in [-0.15, -0.1) is 0 Å². The van der Waals surface area contributed by atoms with Crippen LogP contribution in [0.4, 0.5) is 5.69 Å². The van der Waals surface area contributed by atoms with E-state index in [1.807, 2.05) is 18.2 Å². The summed E-state index contributed by atoms with van der Waals surface area (Å²) in [5, 5.41) is 11.2. The molecule has 3 aromatic rings. The maximum absolute atomic E-state index is 13.0. The molecule has 9 heteroatoms. The lowest BCUT2D eigenvalue weighted by atomic mass is 10.2. The summed E-state index contributed by atoms with van der Waals surface area (Å²) in [5.74, 6) is 0. The van der Waals surface area contributed by atoms with Crippen molar-refractivity contribution in [1.82, 2.24) is 9.97 Å². The molecule has 28 heavy (non-hydrogen) atoms. The summed E-state index contributed by atoms with van der Waals surface area (Å²) in [5.41, 5.74) is 2.13. The van der Waals surface area contributed by atoms with Crippen molar-refractivity contribution in [3.63, 3.8) is 0 Å². The minimum atomic E-state index is -3.77. The van der Waals surface area contributed by atoms with Crippen molar-refractivity contribution < 1.29 is 13.5 Å². The Morgan fingerprint density at radius 2 is 2.14 bits per heavy atom. The highest BCUT2D eigenvalue weighted by atomic mass is 32.2. The average Bonchev–Trinajstić information content (AvgIpc) is 3.35. The zero-order valence-corrected chi connectivity index (χ0v) is 16.9. The van der Waals surface area contributed by atoms with E-state index >= 15 is 0 Å². The number of pyridine rings is 1. The monoisotopic (exact) mass is 416 g/mol. The van der Waals surface area contributed by atoms with Crippen molar-refractivity contribution in [3.05, 3.63) is 54.4 Å². The molecule has 1 unspecified atom stereocenters. The summed E-state index contributed by atoms with van der Waals surface area (Å²) in [7, 11) is -2.24. The first-order chi connectivity index (χ1) is 13.5. The molecule has 3 heterocycles. The molecular formula is C19H20N4O3S2. The number of aliphatic imine (C=N–C) groups is 1. The van der Waals surface area contributed by atoms with E-state index < -0.39 is 10.0 Å². The highest BCUT2D eigenvalue weighted by Gasteiger charge is 2.26. The van der Waals surface area contributed by atoms with Crippen LogP contribution in [-0.4, -0.2) is 54.0 Å². The molecule has 1 atom stereocenters. The van der Waals surface area contributed by atoms with Crippen LogP contribution in [0.2, 0.25) is 0 Å². The van der Waals surface area contributed by atoms with Gasteiger partial charge in [0.05, 0.1) is 23.4 Å². The molecule has 0 radical (unpaired) electrons. The minimum Gasteiger partial charge on any atom is -0.396 e. The number of para-hydroxylation sites is 1. The fourth-order valence-corrected chi connectivity index (χ4v) is 5.36. The van der Waals surface area contributed by atoms with Crippen LogP contribution in [0.25, 0.3) is 10.9 Å². The number of aliphatic hydroxyl groups excluding tert-OH is 1. The normalized spacial score (nSPS) is 17.1. The number of anilines is 1. The molecule has 7 nitrogen and oxygen atoms in total. The Balaban J connectivity index is 1.70. The highest BCUT2D eigenvalue weighted by Crippen LogP contribution is 2.33. The summed E-state index contributed by atoms with van der Waals surface area (Å²) in [6.07, 6.45) is 2.17. The third-order valence-corrected chi connectivity index (χ3v) is 7.61. The van der Waals surface area contributed by atoms with Crippen LogP contribution < -0.4 is 4.31 Å². The van der Waals surface area contributed by atoms with Crippen molar-refractivity contribution >= 4 is 43.4 Å². The number of sulfonamides is 1. The van der Waals surface area contributed by atoms with Crippen LogP contribution in [0.1, 0.15) is 12.1 Å². The summed E-state index contributed by atoms with van der Waals surface area (Å²) in [6.45, 7) is 0.824. The van der Waals surface area contributed by atoms with E-state index in [0.717, 1.165) is 21.6 Å². The maximum Gasteiger partial charge on any atom is 0.281 e. The van der Waals surface area contributed by atoms with E-state index in [9.17, 15) is 8.42 Å². The Morgan fingerprint density at radius 3 is 2.89 bits per heavy atom. The van der Waals surface area contributed by atoms with E-state index in [2.05, 4.69) is 15.0 Å². The molecule has 146 valence electrons. The molecule has 2 aromatic heterocycles. The Labute approximate surface area is 167 Å². The zero-order valence-electron chi connectivity index (χ0n) is 15.2. The summed E-state index contributed by atoms with van der Waals surface area (Å²) >= 11 is 1.64. The van der Waals surface area contributed by atoms with Crippen LogP contribution in [-0.2, 0) is 10.0 Å². The van der Waals surface area contributed by atoms with Crippen molar-refractivity contribution in [2.24, 2.45) is 4.99 Å². The fraction of sp³-hybridized carbons (Fsp3) is 0.263. The van der Waals surface area contributed by atoms with Crippen LogP contribution in [0.5, 0.6) is 0 Å². The SMILES string of the molecule is CN(c1cccc2cc(C3=NCC(CCO)S3)[nH]c12)S(=O)(=O)c1ccccn1. The molecule has 4 rings (SSSR count). The summed E-state index contributed by atoms with van der Waals surface area (Å²) in [6, 6.07) is 12.3. The zero-order chi connectivity index (χ0) is 19.7. The Kier molecular flexibility index (Phi) is 5.13. The second-order valence-electron chi connectivity index (χ2n) is 6.46. The van der Waals surface area contributed by atoms with Gasteiger partial charge >= 0.3 is 0 Å². The summed E-state index contributed by atoms with van der Waals surface area (Å²) < 4.78 is 27.2. The number of benzene rings is 1. The molecule has 1 aliphatic heterocycles. The van der Waals surface area contributed by atoms with Crippen LogP contribution in [0.3, 0.4) is 0 Å². The molecule has 2 N–H and O–H groups in total. The number of hydrogen-bond acceptors (Lipinski definition) is 6. The van der Waals surface area contributed by atoms with Gasteiger partial charge in [0.25, 0.3) is 10.0 Å². The van der Waals surface area contributed by atoms with Crippen LogP contribution in [0.15, 0.2) is 58.7 Å². The van der Waals surface area contributed by atoms with Crippen molar-refractivity contribution in [2.45, 2.75) is 16.7 Å². The topological polar surface area (TPSA) is 98.6 Å². The van der Waals surface area contributed by atoms with Crippen molar-refractivity contribution in [3.8, 4) is 0 Å². The van der Waals surface area contributed by atoms with Gasteiger partial charge in [-0.25, -0.2) is 4.98 Å². The molecule has 0 aliphatic carbocycles. The van der Waals surface area contributed by atoms with E-state index in [1.54, 1.807) is 30.0 Å². The van der Waals surface area contributed by atoms with Gasteiger partial charge in [0.15, 0.2) is 5.03 Å². The van der Waals surface area contributed by atoms with Gasteiger partial charge in [0, 0.05) is 30.5 Å². The van der Waals surface area contributed by atoms with Crippen LogP contribution in [0, 0.1) is 0 Å². The molecule has 0 amide bonds. The van der Waals surface area contributed by atoms with Gasteiger partial charge in [-0.05, 0) is 30.7 Å². The van der Waals surface area contributed by atoms with Gasteiger partial charge < -0.3 is 10.1 Å². The van der Waals surface area contributed by atoms with Crippen molar-refractivity contribution in [1.29, 1.82) is 0 Å². The Morgan fingerprint density at radius 1 is 1.29 bits per heavy atom. The number of aliphatic hydroxyl groups is 1. The van der Waals surface area contributed by atoms with E-state index in [1.165, 1.54) is 23.6 Å². The number of aromatic amines is 1. The standard InChI is InChI=1S/C19H20N4O3S2/c1-23(28(25,26)17-7-2-3-9-20-17)16-6-4-5-13-11-15(22-18(13)16)19-21-12-14(27-19)8-10-24/h2-7,9,11,14,22,24H,8,10,12H2,1H3. The second-order valence-corrected chi connectivity index (χ2v) is 9.67. The first-order valence-corrected chi connectivity index (χ1v) is 11.2. The van der Waals surface area contributed by atoms with Gasteiger partial charge in [0.2, 0.25) is 0 Å². The summed E-state index contributed by atoms with van der Waals surface area (Å²) in [4.78, 5) is 11.9. The van der Waals surface area contributed by atoms with Crippen LogP contribution >= 0.6 is 11.8 Å². The first kappa shape index (κ1) is 19.0. The molecule has 0 bridgehead atoms. The smallest absolute Gasteiger partial charge is 0.281 e. The minimum absolute atomic E-state index is 0.00357. The number of rotatable bonds is 6. The quantitative estimate of drug-likeness (QED) is 0.644. The molecule has 0 spiro atoms. The number of hydrogen-bond donors (Lipinski definition) is 2. The maximum atomic E-state index is 13.0. The van der Waals surface area contributed by atoms with Gasteiger partial charge in [0.1, 0.15) is 5.04 Å². The molecule has 0 fully saturated rings. The molecular weight excluding hydrogens is 396 g/mol.